The van der Waals surface area contributed by atoms with Crippen molar-refractivity contribution >= 4 is 21.6 Å². The van der Waals surface area contributed by atoms with E-state index in [1.165, 1.54) is 41.3 Å². The maximum atomic E-state index is 13.0. The number of rotatable bonds is 4. The van der Waals surface area contributed by atoms with Gasteiger partial charge in [0.2, 0.25) is 15.9 Å². The fraction of sp³-hybridized carbons (Fsp3) is 0.188. The first-order valence-electron chi connectivity index (χ1n) is 7.09. The number of nitrogens with one attached hydrogen (secondary N) is 1. The molecule has 1 N–H and O–H groups in total. The Hall–Kier alpha value is -2.25. The second kappa shape index (κ2) is 6.10. The molecule has 2 aromatic rings. The van der Waals surface area contributed by atoms with E-state index in [9.17, 15) is 17.6 Å². The molecular weight excluding hydrogens is 319 g/mol. The Bertz CT molecular complexity index is 807. The number of amides is 1. The first-order valence-corrected chi connectivity index (χ1v) is 8.57. The van der Waals surface area contributed by atoms with Gasteiger partial charge in [-0.3, -0.25) is 4.79 Å². The molecule has 1 fully saturated rings. The molecule has 1 atom stereocenters. The highest BCUT2D eigenvalue weighted by Crippen LogP contribution is 2.22. The summed E-state index contributed by atoms with van der Waals surface area (Å²) in [4.78, 5) is 13.7. The Morgan fingerprint density at radius 3 is 2.35 bits per heavy atom. The zero-order valence-corrected chi connectivity index (χ0v) is 13.0. The summed E-state index contributed by atoms with van der Waals surface area (Å²) in [5, 5.41) is 0. The highest BCUT2D eigenvalue weighted by atomic mass is 32.2. The average molecular weight is 334 g/mol. The largest absolute Gasteiger partial charge is 0.311 e. The summed E-state index contributed by atoms with van der Waals surface area (Å²) in [6.45, 7) is 0.219. The lowest BCUT2D eigenvalue weighted by Crippen LogP contribution is -2.37. The standard InChI is InChI=1S/C16H15FN2O3S/c17-12-6-8-14(9-7-12)19-11-13(10-16(19)20)18-23(21,22)15-4-2-1-3-5-15/h1-9,13,18H,10-11H2. The van der Waals surface area contributed by atoms with Crippen molar-refractivity contribution in [2.45, 2.75) is 17.4 Å². The van der Waals surface area contributed by atoms with E-state index < -0.39 is 16.1 Å². The van der Waals surface area contributed by atoms with E-state index in [1.54, 1.807) is 18.2 Å². The first kappa shape index (κ1) is 15.6. The van der Waals surface area contributed by atoms with Crippen molar-refractivity contribution in [2.75, 3.05) is 11.4 Å². The summed E-state index contributed by atoms with van der Waals surface area (Å²) in [7, 11) is -3.67. The van der Waals surface area contributed by atoms with Gasteiger partial charge in [-0.25, -0.2) is 17.5 Å². The third-order valence-electron chi connectivity index (χ3n) is 3.64. The molecule has 1 saturated heterocycles. The molecule has 1 unspecified atom stereocenters. The lowest BCUT2D eigenvalue weighted by atomic mass is 10.3. The van der Waals surface area contributed by atoms with Gasteiger partial charge in [0.25, 0.3) is 0 Å². The normalized spacial score (nSPS) is 18.4. The van der Waals surface area contributed by atoms with Crippen LogP contribution >= 0.6 is 0 Å². The van der Waals surface area contributed by atoms with Crippen LogP contribution in [-0.2, 0) is 14.8 Å². The number of halogens is 1. The number of carbonyl (C=O) groups is 1. The number of sulfonamides is 1. The zero-order valence-electron chi connectivity index (χ0n) is 12.1. The van der Waals surface area contributed by atoms with E-state index in [0.717, 1.165) is 0 Å². The highest BCUT2D eigenvalue weighted by molar-refractivity contribution is 7.89. The van der Waals surface area contributed by atoms with Gasteiger partial charge in [0.05, 0.1) is 4.90 Å². The van der Waals surface area contributed by atoms with Crippen LogP contribution in [0.4, 0.5) is 10.1 Å². The van der Waals surface area contributed by atoms with Crippen LogP contribution in [0.2, 0.25) is 0 Å². The summed E-state index contributed by atoms with van der Waals surface area (Å²) in [6, 6.07) is 13.0. The second-order valence-corrected chi connectivity index (χ2v) is 7.03. The van der Waals surface area contributed by atoms with Crippen molar-refractivity contribution in [1.29, 1.82) is 0 Å². The maximum absolute atomic E-state index is 13.0. The summed E-state index contributed by atoms with van der Waals surface area (Å²) < 4.78 is 40.1. The van der Waals surface area contributed by atoms with E-state index in [1.807, 2.05) is 0 Å². The molecule has 120 valence electrons. The summed E-state index contributed by atoms with van der Waals surface area (Å²) in [6.07, 6.45) is 0.0729. The molecule has 3 rings (SSSR count). The smallest absolute Gasteiger partial charge is 0.240 e. The summed E-state index contributed by atoms with van der Waals surface area (Å²) >= 11 is 0. The van der Waals surface area contributed by atoms with E-state index in [-0.39, 0.29) is 29.6 Å². The minimum Gasteiger partial charge on any atom is -0.311 e. The SMILES string of the molecule is O=C1CC(NS(=O)(=O)c2ccccc2)CN1c1ccc(F)cc1. The Labute approximate surface area is 133 Å². The van der Waals surface area contributed by atoms with Gasteiger partial charge in [-0.05, 0) is 36.4 Å². The van der Waals surface area contributed by atoms with E-state index >= 15 is 0 Å². The van der Waals surface area contributed by atoms with Gasteiger partial charge in [0.15, 0.2) is 0 Å². The molecule has 1 aliphatic heterocycles. The van der Waals surface area contributed by atoms with Gasteiger partial charge < -0.3 is 4.90 Å². The van der Waals surface area contributed by atoms with Gasteiger partial charge in [-0.2, -0.15) is 0 Å². The maximum Gasteiger partial charge on any atom is 0.240 e. The van der Waals surface area contributed by atoms with Crippen molar-refractivity contribution in [3.8, 4) is 0 Å². The van der Waals surface area contributed by atoms with Crippen molar-refractivity contribution in [3.63, 3.8) is 0 Å². The van der Waals surface area contributed by atoms with E-state index in [0.29, 0.717) is 5.69 Å². The van der Waals surface area contributed by atoms with Gasteiger partial charge in [-0.1, -0.05) is 18.2 Å². The third-order valence-corrected chi connectivity index (χ3v) is 5.18. The number of hydrogen-bond acceptors (Lipinski definition) is 3. The number of anilines is 1. The molecule has 1 heterocycles. The molecule has 0 aromatic heterocycles. The predicted octanol–water partition coefficient (Wildman–Crippen LogP) is 1.91. The molecular formula is C16H15FN2O3S. The minimum absolute atomic E-state index is 0.0729. The van der Waals surface area contributed by atoms with Gasteiger partial charge >= 0.3 is 0 Å². The average Bonchev–Trinajstić information content (AvgIpc) is 2.89. The van der Waals surface area contributed by atoms with E-state index in [2.05, 4.69) is 4.72 Å². The number of benzene rings is 2. The van der Waals surface area contributed by atoms with Crippen LogP contribution in [0.3, 0.4) is 0 Å². The Balaban J connectivity index is 1.74. The van der Waals surface area contributed by atoms with Crippen molar-refractivity contribution in [3.05, 3.63) is 60.4 Å². The Morgan fingerprint density at radius 1 is 1.04 bits per heavy atom. The molecule has 0 bridgehead atoms. The molecule has 5 nitrogen and oxygen atoms in total. The molecule has 0 aliphatic carbocycles. The fourth-order valence-corrected chi connectivity index (χ4v) is 3.79. The van der Waals surface area contributed by atoms with E-state index in [4.69, 9.17) is 0 Å². The predicted molar refractivity (Wildman–Crippen MR) is 83.9 cm³/mol. The van der Waals surface area contributed by atoms with Gasteiger partial charge in [0.1, 0.15) is 5.82 Å². The number of hydrogen-bond donors (Lipinski definition) is 1. The zero-order chi connectivity index (χ0) is 16.4. The Kier molecular flexibility index (Phi) is 4.14. The monoisotopic (exact) mass is 334 g/mol. The van der Waals surface area contributed by atoms with Crippen LogP contribution in [0, 0.1) is 5.82 Å². The highest BCUT2D eigenvalue weighted by Gasteiger charge is 2.33. The van der Waals surface area contributed by atoms with Crippen molar-refractivity contribution < 1.29 is 17.6 Å². The molecule has 7 heteroatoms. The van der Waals surface area contributed by atoms with Crippen LogP contribution in [0.15, 0.2) is 59.5 Å². The lowest BCUT2D eigenvalue weighted by Gasteiger charge is -2.17. The molecule has 0 spiro atoms. The second-order valence-electron chi connectivity index (χ2n) is 5.32. The first-order chi connectivity index (χ1) is 11.0. The third kappa shape index (κ3) is 3.40. The van der Waals surface area contributed by atoms with Crippen LogP contribution in [0.25, 0.3) is 0 Å². The number of nitrogens with zero attached hydrogens (tertiary/aromatic N) is 1. The number of carbonyl (C=O) groups excluding carboxylic acids is 1. The molecule has 1 amide bonds. The van der Waals surface area contributed by atoms with Crippen LogP contribution < -0.4 is 9.62 Å². The molecule has 1 aliphatic rings. The van der Waals surface area contributed by atoms with Crippen LogP contribution in [0.1, 0.15) is 6.42 Å². The van der Waals surface area contributed by atoms with Crippen LogP contribution in [0.5, 0.6) is 0 Å². The van der Waals surface area contributed by atoms with Crippen molar-refractivity contribution in [2.24, 2.45) is 0 Å². The molecule has 2 aromatic carbocycles. The Morgan fingerprint density at radius 2 is 1.70 bits per heavy atom. The minimum atomic E-state index is -3.67. The summed E-state index contributed by atoms with van der Waals surface area (Å²) in [5.74, 6) is -0.584. The summed E-state index contributed by atoms with van der Waals surface area (Å²) in [5.41, 5.74) is 0.554. The lowest BCUT2D eigenvalue weighted by molar-refractivity contribution is -0.117. The molecule has 0 saturated carbocycles. The quantitative estimate of drug-likeness (QED) is 0.929. The topological polar surface area (TPSA) is 66.5 Å². The fourth-order valence-electron chi connectivity index (χ4n) is 2.54. The van der Waals surface area contributed by atoms with Crippen LogP contribution in [-0.4, -0.2) is 26.9 Å². The molecule has 0 radical (unpaired) electrons. The van der Waals surface area contributed by atoms with Crippen molar-refractivity contribution in [1.82, 2.24) is 4.72 Å². The van der Waals surface area contributed by atoms with Gasteiger partial charge in [0, 0.05) is 24.7 Å². The molecule has 23 heavy (non-hydrogen) atoms. The van der Waals surface area contributed by atoms with Gasteiger partial charge in [-0.15, -0.1) is 0 Å².